The molecule has 2 atom stereocenters. The number of piperidine rings is 1. The van der Waals surface area contributed by atoms with Crippen LogP contribution in [0.1, 0.15) is 26.2 Å². The summed E-state index contributed by atoms with van der Waals surface area (Å²) in [5, 5.41) is 15.6. The van der Waals surface area contributed by atoms with Crippen molar-refractivity contribution in [2.24, 2.45) is 5.41 Å². The van der Waals surface area contributed by atoms with E-state index in [1.165, 1.54) is 0 Å². The number of hydrogen-bond acceptors (Lipinski definition) is 4. The summed E-state index contributed by atoms with van der Waals surface area (Å²) in [5.41, 5.74) is -0.301. The van der Waals surface area contributed by atoms with Crippen molar-refractivity contribution in [2.45, 2.75) is 32.3 Å². The molecule has 1 saturated heterocycles. The van der Waals surface area contributed by atoms with Crippen molar-refractivity contribution in [3.05, 3.63) is 0 Å². The van der Waals surface area contributed by atoms with Crippen molar-refractivity contribution in [2.75, 3.05) is 33.4 Å². The van der Waals surface area contributed by atoms with E-state index >= 15 is 0 Å². The van der Waals surface area contributed by atoms with Crippen molar-refractivity contribution < 1.29 is 14.6 Å². The monoisotopic (exact) mass is 280 g/mol. The van der Waals surface area contributed by atoms with E-state index in [0.717, 1.165) is 25.9 Å². The van der Waals surface area contributed by atoms with Crippen molar-refractivity contribution in [3.8, 4) is 0 Å². The Bertz CT molecular complexity index is 245. The maximum Gasteiger partial charge on any atom is 0.227 e. The first-order valence-electron chi connectivity index (χ1n) is 6.24. The van der Waals surface area contributed by atoms with Crippen LogP contribution in [0.3, 0.4) is 0 Å². The first-order chi connectivity index (χ1) is 8.08. The van der Waals surface area contributed by atoms with E-state index in [1.54, 1.807) is 7.11 Å². The Morgan fingerprint density at radius 2 is 2.33 bits per heavy atom. The minimum absolute atomic E-state index is 0. The van der Waals surface area contributed by atoms with Crippen molar-refractivity contribution in [3.63, 3.8) is 0 Å². The first-order valence-corrected chi connectivity index (χ1v) is 6.24. The van der Waals surface area contributed by atoms with Gasteiger partial charge in [-0.25, -0.2) is 0 Å². The number of rotatable bonds is 6. The van der Waals surface area contributed by atoms with E-state index in [9.17, 15) is 9.90 Å². The molecule has 0 aromatic heterocycles. The third-order valence-electron chi connectivity index (χ3n) is 3.27. The van der Waals surface area contributed by atoms with Gasteiger partial charge in [0, 0.05) is 20.2 Å². The lowest BCUT2D eigenvalue weighted by atomic mass is 9.82. The molecule has 1 aliphatic rings. The molecule has 0 aliphatic carbocycles. The minimum atomic E-state index is -0.502. The van der Waals surface area contributed by atoms with Gasteiger partial charge >= 0.3 is 0 Å². The molecule has 5 nitrogen and oxygen atoms in total. The lowest BCUT2D eigenvalue weighted by Gasteiger charge is -2.32. The summed E-state index contributed by atoms with van der Waals surface area (Å²) in [4.78, 5) is 12.0. The van der Waals surface area contributed by atoms with Gasteiger partial charge in [-0.1, -0.05) is 0 Å². The molecule has 6 heteroatoms. The minimum Gasteiger partial charge on any atom is -0.391 e. The molecule has 3 N–H and O–H groups in total. The number of ether oxygens (including phenoxy) is 1. The predicted octanol–water partition coefficient (Wildman–Crippen LogP) is 0.311. The van der Waals surface area contributed by atoms with Gasteiger partial charge < -0.3 is 20.5 Å². The molecular weight excluding hydrogens is 256 g/mol. The highest BCUT2D eigenvalue weighted by Gasteiger charge is 2.34. The quantitative estimate of drug-likeness (QED) is 0.655. The summed E-state index contributed by atoms with van der Waals surface area (Å²) < 4.78 is 4.82. The first kappa shape index (κ1) is 17.6. The van der Waals surface area contributed by atoms with Gasteiger partial charge in [-0.3, -0.25) is 4.79 Å². The molecule has 1 amide bonds. The zero-order chi connectivity index (χ0) is 12.7. The summed E-state index contributed by atoms with van der Waals surface area (Å²) in [6.45, 7) is 4.53. The van der Waals surface area contributed by atoms with E-state index in [0.29, 0.717) is 19.6 Å². The van der Waals surface area contributed by atoms with Crippen LogP contribution in [-0.2, 0) is 9.53 Å². The Morgan fingerprint density at radius 1 is 1.61 bits per heavy atom. The van der Waals surface area contributed by atoms with Crippen molar-refractivity contribution in [1.29, 1.82) is 0 Å². The van der Waals surface area contributed by atoms with Crippen LogP contribution < -0.4 is 10.6 Å². The molecule has 1 heterocycles. The molecule has 1 rings (SSSR count). The lowest BCUT2D eigenvalue weighted by molar-refractivity contribution is -0.131. The smallest absolute Gasteiger partial charge is 0.227 e. The predicted molar refractivity (Wildman–Crippen MR) is 73.0 cm³/mol. The number of aliphatic hydroxyl groups is 1. The van der Waals surface area contributed by atoms with Gasteiger partial charge in [0.2, 0.25) is 5.91 Å². The second kappa shape index (κ2) is 8.69. The van der Waals surface area contributed by atoms with Crippen LogP contribution >= 0.6 is 12.4 Å². The SMILES string of the molecule is COCC(O)CCNC(=O)C1(C)CCCNC1.Cl. The zero-order valence-electron chi connectivity index (χ0n) is 11.2. The number of carbonyl (C=O) groups excluding carboxylic acids is 1. The van der Waals surface area contributed by atoms with Crippen LogP contribution in [0.15, 0.2) is 0 Å². The van der Waals surface area contributed by atoms with Gasteiger partial charge in [-0.2, -0.15) is 0 Å². The number of hydrogen-bond donors (Lipinski definition) is 3. The highest BCUT2D eigenvalue weighted by molar-refractivity contribution is 5.85. The Kier molecular flexibility index (Phi) is 8.52. The molecule has 0 aromatic carbocycles. The Hall–Kier alpha value is -0.360. The average Bonchev–Trinajstić information content (AvgIpc) is 2.30. The fraction of sp³-hybridized carbons (Fsp3) is 0.917. The molecule has 0 aromatic rings. The van der Waals surface area contributed by atoms with E-state index < -0.39 is 6.10 Å². The number of halogens is 1. The maximum absolute atomic E-state index is 12.0. The van der Waals surface area contributed by atoms with Gasteiger partial charge in [0.1, 0.15) is 0 Å². The summed E-state index contributed by atoms with van der Waals surface area (Å²) in [7, 11) is 1.55. The van der Waals surface area contributed by atoms with Gasteiger partial charge in [0.25, 0.3) is 0 Å². The van der Waals surface area contributed by atoms with E-state index in [4.69, 9.17) is 4.74 Å². The number of methoxy groups -OCH3 is 1. The van der Waals surface area contributed by atoms with Crippen LogP contribution in [0.5, 0.6) is 0 Å². The highest BCUT2D eigenvalue weighted by Crippen LogP contribution is 2.25. The maximum atomic E-state index is 12.0. The van der Waals surface area contributed by atoms with Crippen LogP contribution in [0.2, 0.25) is 0 Å². The summed E-state index contributed by atoms with van der Waals surface area (Å²) >= 11 is 0. The number of aliphatic hydroxyl groups excluding tert-OH is 1. The molecule has 1 fully saturated rings. The Morgan fingerprint density at radius 3 is 2.89 bits per heavy atom. The Balaban J connectivity index is 0.00000289. The lowest BCUT2D eigenvalue weighted by Crippen LogP contribution is -2.49. The second-order valence-corrected chi connectivity index (χ2v) is 4.99. The van der Waals surface area contributed by atoms with Gasteiger partial charge in [0.05, 0.1) is 18.1 Å². The molecule has 18 heavy (non-hydrogen) atoms. The van der Waals surface area contributed by atoms with E-state index in [-0.39, 0.29) is 23.7 Å². The fourth-order valence-electron chi connectivity index (χ4n) is 2.09. The molecular formula is C12H25ClN2O3. The molecule has 2 unspecified atom stereocenters. The van der Waals surface area contributed by atoms with Gasteiger partial charge in [-0.05, 0) is 32.7 Å². The molecule has 0 saturated carbocycles. The topological polar surface area (TPSA) is 70.6 Å². The standard InChI is InChI=1S/C12H24N2O3.ClH/c1-12(5-3-6-13-9-12)11(16)14-7-4-10(15)8-17-2;/h10,13,15H,3-9H2,1-2H3,(H,14,16);1H. The third-order valence-corrected chi connectivity index (χ3v) is 3.27. The van der Waals surface area contributed by atoms with E-state index in [2.05, 4.69) is 10.6 Å². The average molecular weight is 281 g/mol. The fourth-order valence-corrected chi connectivity index (χ4v) is 2.09. The van der Waals surface area contributed by atoms with Gasteiger partial charge in [-0.15, -0.1) is 12.4 Å². The number of carbonyl (C=O) groups is 1. The van der Waals surface area contributed by atoms with Crippen LogP contribution in [0.4, 0.5) is 0 Å². The number of amides is 1. The molecule has 108 valence electrons. The molecule has 0 spiro atoms. The van der Waals surface area contributed by atoms with E-state index in [1.807, 2.05) is 6.92 Å². The molecule has 0 radical (unpaired) electrons. The summed E-state index contributed by atoms with van der Waals surface area (Å²) in [5.74, 6) is 0.0781. The molecule has 0 bridgehead atoms. The van der Waals surface area contributed by atoms with Crippen LogP contribution in [0.25, 0.3) is 0 Å². The van der Waals surface area contributed by atoms with Gasteiger partial charge in [0.15, 0.2) is 0 Å². The number of nitrogens with one attached hydrogen (secondary N) is 2. The molecule has 1 aliphatic heterocycles. The highest BCUT2D eigenvalue weighted by atomic mass is 35.5. The van der Waals surface area contributed by atoms with Crippen LogP contribution in [-0.4, -0.2) is 50.5 Å². The van der Waals surface area contributed by atoms with Crippen molar-refractivity contribution in [1.82, 2.24) is 10.6 Å². The zero-order valence-corrected chi connectivity index (χ0v) is 12.0. The largest absolute Gasteiger partial charge is 0.391 e. The second-order valence-electron chi connectivity index (χ2n) is 4.99. The summed E-state index contributed by atoms with van der Waals surface area (Å²) in [6, 6.07) is 0. The Labute approximate surface area is 115 Å². The van der Waals surface area contributed by atoms with Crippen LogP contribution in [0, 0.1) is 5.41 Å². The normalized spacial score (nSPS) is 25.1. The third kappa shape index (κ3) is 5.52. The van der Waals surface area contributed by atoms with Crippen molar-refractivity contribution >= 4 is 18.3 Å². The summed E-state index contributed by atoms with van der Waals surface area (Å²) in [6.07, 6.45) is 1.99.